The van der Waals surface area contributed by atoms with Crippen LogP contribution < -0.4 is 0 Å². The van der Waals surface area contributed by atoms with E-state index >= 15 is 0 Å². The van der Waals surface area contributed by atoms with E-state index in [0.717, 1.165) is 9.21 Å². The van der Waals surface area contributed by atoms with E-state index < -0.39 is 0 Å². The average Bonchev–Trinajstić information content (AvgIpc) is 2.31. The van der Waals surface area contributed by atoms with Gasteiger partial charge in [0.1, 0.15) is 0 Å². The molecule has 1 aromatic heterocycles. The van der Waals surface area contributed by atoms with Gasteiger partial charge in [0.25, 0.3) is 0 Å². The summed E-state index contributed by atoms with van der Waals surface area (Å²) < 4.78 is 0.766. The van der Waals surface area contributed by atoms with Crippen molar-refractivity contribution in [3.05, 3.63) is 21.3 Å². The summed E-state index contributed by atoms with van der Waals surface area (Å²) in [4.78, 5) is 5.75. The van der Waals surface area contributed by atoms with Crippen LogP contribution in [0.25, 0.3) is 0 Å². The van der Waals surface area contributed by atoms with Crippen molar-refractivity contribution in [2.45, 2.75) is 6.61 Å². The quantitative estimate of drug-likeness (QED) is 0.511. The highest BCUT2D eigenvalue weighted by molar-refractivity contribution is 7.16. The summed E-state index contributed by atoms with van der Waals surface area (Å²) >= 11 is 7.14. The Balaban J connectivity index is 2.49. The second-order valence-electron chi connectivity index (χ2n) is 1.61. The van der Waals surface area contributed by atoms with Crippen LogP contribution in [-0.4, -0.2) is 6.72 Å². The summed E-state index contributed by atoms with van der Waals surface area (Å²) in [5.41, 5.74) is 0. The molecule has 1 aromatic rings. The highest BCUT2D eigenvalue weighted by Gasteiger charge is 1.96. The molecule has 0 saturated heterocycles. The minimum atomic E-state index is 0.459. The van der Waals surface area contributed by atoms with Gasteiger partial charge in [0.05, 0.1) is 4.34 Å². The molecule has 0 amide bonds. The van der Waals surface area contributed by atoms with Crippen molar-refractivity contribution < 1.29 is 4.84 Å². The Kier molecular flexibility index (Phi) is 2.71. The molecule has 0 radical (unpaired) electrons. The Labute approximate surface area is 68.1 Å². The molecule has 0 bridgehead atoms. The van der Waals surface area contributed by atoms with E-state index in [0.29, 0.717) is 6.61 Å². The molecule has 0 unspecified atom stereocenters. The molecule has 0 aromatic carbocycles. The normalized spacial score (nSPS) is 9.30. The maximum atomic E-state index is 5.66. The van der Waals surface area contributed by atoms with E-state index in [-0.39, 0.29) is 0 Å². The Morgan fingerprint density at radius 3 is 3.00 bits per heavy atom. The predicted octanol–water partition coefficient (Wildman–Crippen LogP) is 2.53. The fraction of sp³-hybridized carbons (Fsp3) is 0.167. The molecule has 0 aliphatic heterocycles. The minimum Gasteiger partial charge on any atom is -0.391 e. The topological polar surface area (TPSA) is 21.6 Å². The van der Waals surface area contributed by atoms with Gasteiger partial charge >= 0.3 is 0 Å². The van der Waals surface area contributed by atoms with E-state index in [1.54, 1.807) is 0 Å². The number of hydrogen-bond donors (Lipinski definition) is 0. The van der Waals surface area contributed by atoms with Crippen LogP contribution in [-0.2, 0) is 11.4 Å². The lowest BCUT2D eigenvalue weighted by atomic mass is 10.5. The van der Waals surface area contributed by atoms with Gasteiger partial charge < -0.3 is 4.84 Å². The van der Waals surface area contributed by atoms with Crippen LogP contribution in [0.15, 0.2) is 17.3 Å². The zero-order chi connectivity index (χ0) is 7.40. The Hall–Kier alpha value is -0.540. The van der Waals surface area contributed by atoms with Gasteiger partial charge in [-0.2, -0.15) is 0 Å². The smallest absolute Gasteiger partial charge is 0.151 e. The van der Waals surface area contributed by atoms with Crippen LogP contribution in [0.3, 0.4) is 0 Å². The summed E-state index contributed by atoms with van der Waals surface area (Å²) in [6.07, 6.45) is 0. The van der Waals surface area contributed by atoms with Crippen molar-refractivity contribution in [2.75, 3.05) is 0 Å². The van der Waals surface area contributed by atoms with Gasteiger partial charge in [0, 0.05) is 11.6 Å². The zero-order valence-corrected chi connectivity index (χ0v) is 6.78. The zero-order valence-electron chi connectivity index (χ0n) is 5.21. The summed E-state index contributed by atoms with van der Waals surface area (Å²) in [6.45, 7) is 3.64. The highest BCUT2D eigenvalue weighted by atomic mass is 35.5. The molecule has 0 saturated carbocycles. The predicted molar refractivity (Wildman–Crippen MR) is 43.7 cm³/mol. The van der Waals surface area contributed by atoms with Crippen LogP contribution in [0, 0.1) is 0 Å². The fourth-order valence-corrected chi connectivity index (χ4v) is 1.53. The minimum absolute atomic E-state index is 0.459. The number of thiophene rings is 1. The number of hydrogen-bond acceptors (Lipinski definition) is 3. The molecule has 0 atom stereocenters. The molecule has 0 fully saturated rings. The van der Waals surface area contributed by atoms with Gasteiger partial charge in [0.15, 0.2) is 6.61 Å². The van der Waals surface area contributed by atoms with Gasteiger partial charge in [-0.1, -0.05) is 11.6 Å². The summed E-state index contributed by atoms with van der Waals surface area (Å²) in [7, 11) is 0. The standard InChI is InChI=1S/C6H6ClNOS/c1-8-9-4-5-2-3-6(7)10-5/h2-3H,1,4H2. The number of nitrogens with zero attached hydrogens (tertiary/aromatic N) is 1. The third kappa shape index (κ3) is 2.01. The molecule has 54 valence electrons. The first-order valence-electron chi connectivity index (χ1n) is 2.65. The molecular weight excluding hydrogens is 170 g/mol. The van der Waals surface area contributed by atoms with Crippen LogP contribution in [0.5, 0.6) is 0 Å². The molecule has 0 aliphatic carbocycles. The SMILES string of the molecule is C=NOCc1ccc(Cl)s1. The molecular formula is C6H6ClNOS. The van der Waals surface area contributed by atoms with Crippen LogP contribution in [0.4, 0.5) is 0 Å². The molecule has 1 heterocycles. The van der Waals surface area contributed by atoms with Gasteiger partial charge in [-0.3, -0.25) is 0 Å². The molecule has 0 N–H and O–H groups in total. The summed E-state index contributed by atoms with van der Waals surface area (Å²) in [6, 6.07) is 3.73. The highest BCUT2D eigenvalue weighted by Crippen LogP contribution is 2.21. The van der Waals surface area contributed by atoms with Gasteiger partial charge in [-0.15, -0.1) is 16.5 Å². The Morgan fingerprint density at radius 2 is 2.50 bits per heavy atom. The van der Waals surface area contributed by atoms with Crippen LogP contribution in [0.2, 0.25) is 4.34 Å². The largest absolute Gasteiger partial charge is 0.391 e. The monoisotopic (exact) mass is 175 g/mol. The van der Waals surface area contributed by atoms with Crippen LogP contribution in [0.1, 0.15) is 4.88 Å². The first-order chi connectivity index (χ1) is 4.83. The first kappa shape index (κ1) is 7.57. The molecule has 10 heavy (non-hydrogen) atoms. The van der Waals surface area contributed by atoms with Crippen LogP contribution >= 0.6 is 22.9 Å². The van der Waals surface area contributed by atoms with E-state index in [9.17, 15) is 0 Å². The molecule has 0 aliphatic rings. The maximum Gasteiger partial charge on any atom is 0.151 e. The summed E-state index contributed by atoms with van der Waals surface area (Å²) in [5.74, 6) is 0. The lowest BCUT2D eigenvalue weighted by molar-refractivity contribution is 0.135. The second kappa shape index (κ2) is 3.58. The molecule has 0 spiro atoms. The third-order valence-electron chi connectivity index (χ3n) is 0.927. The Bertz CT molecular complexity index is 223. The van der Waals surface area contributed by atoms with E-state index in [1.807, 2.05) is 12.1 Å². The van der Waals surface area contributed by atoms with E-state index in [2.05, 4.69) is 11.9 Å². The molecule has 4 heteroatoms. The fourth-order valence-electron chi connectivity index (χ4n) is 0.539. The van der Waals surface area contributed by atoms with Crippen molar-refractivity contribution in [2.24, 2.45) is 5.16 Å². The molecule has 2 nitrogen and oxygen atoms in total. The van der Waals surface area contributed by atoms with Gasteiger partial charge in [-0.25, -0.2) is 0 Å². The van der Waals surface area contributed by atoms with Gasteiger partial charge in [0.2, 0.25) is 0 Å². The first-order valence-corrected chi connectivity index (χ1v) is 3.84. The van der Waals surface area contributed by atoms with Crippen molar-refractivity contribution in [3.63, 3.8) is 0 Å². The van der Waals surface area contributed by atoms with E-state index in [1.165, 1.54) is 11.3 Å². The summed E-state index contributed by atoms with van der Waals surface area (Å²) in [5, 5.41) is 3.25. The third-order valence-corrected chi connectivity index (χ3v) is 2.13. The van der Waals surface area contributed by atoms with Crippen molar-refractivity contribution in [1.82, 2.24) is 0 Å². The van der Waals surface area contributed by atoms with Crippen molar-refractivity contribution in [1.29, 1.82) is 0 Å². The van der Waals surface area contributed by atoms with Crippen molar-refractivity contribution >= 4 is 29.7 Å². The number of oxime groups is 1. The lowest BCUT2D eigenvalue weighted by Gasteiger charge is -1.91. The van der Waals surface area contributed by atoms with E-state index in [4.69, 9.17) is 16.4 Å². The van der Waals surface area contributed by atoms with Gasteiger partial charge in [-0.05, 0) is 12.1 Å². The lowest BCUT2D eigenvalue weighted by Crippen LogP contribution is -1.78. The van der Waals surface area contributed by atoms with Crippen molar-refractivity contribution in [3.8, 4) is 0 Å². The Morgan fingerprint density at radius 1 is 1.70 bits per heavy atom. The average molecular weight is 176 g/mol. The maximum absolute atomic E-state index is 5.66. The second-order valence-corrected chi connectivity index (χ2v) is 3.41. The molecule has 1 rings (SSSR count). The number of rotatable bonds is 3. The number of halogens is 1.